The van der Waals surface area contributed by atoms with Gasteiger partial charge in [0.25, 0.3) is 11.7 Å². The lowest BCUT2D eigenvalue weighted by Gasteiger charge is -2.10. The van der Waals surface area contributed by atoms with E-state index in [2.05, 4.69) is 31.1 Å². The van der Waals surface area contributed by atoms with Gasteiger partial charge in [-0.05, 0) is 12.0 Å². The van der Waals surface area contributed by atoms with Crippen LogP contribution in [0.5, 0.6) is 0 Å². The number of nitrogens with one attached hydrogen (secondary N) is 2. The smallest absolute Gasteiger partial charge is 0.298 e. The van der Waals surface area contributed by atoms with E-state index in [4.69, 9.17) is 0 Å². The number of unbranched alkanes of at least 4 members (excludes halogenated alkanes) is 8. The zero-order valence-corrected chi connectivity index (χ0v) is 17.0. The Hall–Kier alpha value is -1.58. The van der Waals surface area contributed by atoms with Crippen LogP contribution in [-0.2, 0) is 4.79 Å². The molecule has 0 saturated heterocycles. The normalized spacial score (nSPS) is 13.8. The van der Waals surface area contributed by atoms with E-state index in [9.17, 15) is 9.59 Å². The fourth-order valence-corrected chi connectivity index (χ4v) is 3.29. The lowest BCUT2D eigenvalue weighted by Crippen LogP contribution is -2.13. The number of carbonyl (C=O) groups excluding carboxylic acids is 2. The Morgan fingerprint density at radius 3 is 1.96 bits per heavy atom. The Labute approximate surface area is 159 Å². The van der Waals surface area contributed by atoms with E-state index in [-0.39, 0.29) is 0 Å². The van der Waals surface area contributed by atoms with Gasteiger partial charge in [0.05, 0.1) is 5.69 Å². The quantitative estimate of drug-likeness (QED) is 0.329. The molecule has 4 nitrogen and oxygen atoms in total. The minimum absolute atomic E-state index is 0.366. The second-order valence-corrected chi connectivity index (χ2v) is 7.56. The van der Waals surface area contributed by atoms with Crippen LogP contribution >= 0.6 is 0 Å². The molecule has 0 spiro atoms. The molecule has 1 aliphatic rings. The number of fused-ring (bicyclic) bond motifs is 1. The van der Waals surface area contributed by atoms with E-state index >= 15 is 0 Å². The second kappa shape index (κ2) is 13.6. The molecular formula is C22H38N2O2. The van der Waals surface area contributed by atoms with Crippen LogP contribution in [0.15, 0.2) is 12.3 Å². The van der Waals surface area contributed by atoms with Crippen LogP contribution in [0.1, 0.15) is 108 Å². The molecule has 26 heavy (non-hydrogen) atoms. The molecule has 1 amide bonds. The SMILES string of the molecule is CCCCCCCCC(C)CCCCCC.O=C1Nc2cc[nH]c2C1=O. The number of anilines is 1. The van der Waals surface area contributed by atoms with E-state index in [0.29, 0.717) is 11.4 Å². The van der Waals surface area contributed by atoms with E-state index in [1.54, 1.807) is 12.3 Å². The molecule has 0 bridgehead atoms. The van der Waals surface area contributed by atoms with Crippen molar-refractivity contribution in [2.75, 3.05) is 5.32 Å². The molecule has 0 aromatic carbocycles. The molecule has 1 atom stereocenters. The summed E-state index contributed by atoms with van der Waals surface area (Å²) in [5, 5.41) is 2.41. The number of aromatic nitrogens is 1. The molecule has 2 heterocycles. The van der Waals surface area contributed by atoms with Crippen molar-refractivity contribution in [1.29, 1.82) is 0 Å². The highest BCUT2D eigenvalue weighted by atomic mass is 16.2. The third-order valence-electron chi connectivity index (χ3n) is 5.03. The number of aromatic amines is 1. The second-order valence-electron chi connectivity index (χ2n) is 7.56. The van der Waals surface area contributed by atoms with E-state index < -0.39 is 11.7 Å². The molecule has 1 aromatic rings. The predicted octanol–water partition coefficient (Wildman–Crippen LogP) is 6.49. The highest BCUT2D eigenvalue weighted by molar-refractivity contribution is 6.51. The van der Waals surface area contributed by atoms with Crippen molar-refractivity contribution in [3.05, 3.63) is 18.0 Å². The van der Waals surface area contributed by atoms with Crippen LogP contribution in [0.25, 0.3) is 0 Å². The molecular weight excluding hydrogens is 324 g/mol. The Morgan fingerprint density at radius 1 is 0.846 bits per heavy atom. The average Bonchev–Trinajstić information content (AvgIpc) is 3.19. The molecule has 1 aromatic heterocycles. The van der Waals surface area contributed by atoms with Crippen LogP contribution in [0.2, 0.25) is 0 Å². The Bertz CT molecular complexity index is 522. The van der Waals surface area contributed by atoms with Gasteiger partial charge in [0.2, 0.25) is 0 Å². The number of Topliss-reactive ketones (excluding diaryl/α,β-unsaturated/α-hetero) is 1. The number of hydrogen-bond donors (Lipinski definition) is 2. The van der Waals surface area contributed by atoms with Crippen molar-refractivity contribution in [3.63, 3.8) is 0 Å². The molecule has 0 radical (unpaired) electrons. The summed E-state index contributed by atoms with van der Waals surface area (Å²) in [7, 11) is 0. The minimum atomic E-state index is -0.554. The van der Waals surface area contributed by atoms with Gasteiger partial charge in [-0.15, -0.1) is 0 Å². The Kier molecular flexibility index (Phi) is 11.7. The summed E-state index contributed by atoms with van der Waals surface area (Å²) in [6.45, 7) is 7.02. The minimum Gasteiger partial charge on any atom is -0.357 e. The Morgan fingerprint density at radius 2 is 1.38 bits per heavy atom. The van der Waals surface area contributed by atoms with Crippen LogP contribution in [0, 0.1) is 5.92 Å². The number of H-pyrrole nitrogens is 1. The molecule has 2 rings (SSSR count). The molecule has 2 N–H and O–H groups in total. The average molecular weight is 363 g/mol. The molecule has 4 heteroatoms. The fraction of sp³-hybridized carbons (Fsp3) is 0.727. The van der Waals surface area contributed by atoms with Gasteiger partial charge in [0, 0.05) is 6.20 Å². The highest BCUT2D eigenvalue weighted by Crippen LogP contribution is 2.20. The molecule has 1 unspecified atom stereocenters. The summed E-state index contributed by atoms with van der Waals surface area (Å²) in [6, 6.07) is 1.65. The van der Waals surface area contributed by atoms with Crippen molar-refractivity contribution in [2.45, 2.75) is 97.8 Å². The van der Waals surface area contributed by atoms with Gasteiger partial charge in [-0.2, -0.15) is 0 Å². The van der Waals surface area contributed by atoms with E-state index in [1.165, 1.54) is 77.0 Å². The summed E-state index contributed by atoms with van der Waals surface area (Å²) in [4.78, 5) is 24.1. The summed E-state index contributed by atoms with van der Waals surface area (Å²) in [5.74, 6) is -0.0649. The van der Waals surface area contributed by atoms with E-state index in [0.717, 1.165) is 5.92 Å². The van der Waals surface area contributed by atoms with Gasteiger partial charge in [-0.3, -0.25) is 9.59 Å². The first-order valence-corrected chi connectivity index (χ1v) is 10.6. The first-order chi connectivity index (χ1) is 12.6. The Balaban J connectivity index is 0.000000284. The van der Waals surface area contributed by atoms with Crippen LogP contribution in [0.4, 0.5) is 5.69 Å². The fourth-order valence-electron chi connectivity index (χ4n) is 3.29. The van der Waals surface area contributed by atoms with Crippen molar-refractivity contribution >= 4 is 17.4 Å². The number of hydrogen-bond acceptors (Lipinski definition) is 2. The number of ketones is 1. The number of carbonyl (C=O) groups is 2. The largest absolute Gasteiger partial charge is 0.357 e. The maximum absolute atomic E-state index is 10.8. The summed E-state index contributed by atoms with van der Waals surface area (Å²) in [6.07, 6.45) is 18.9. The van der Waals surface area contributed by atoms with Gasteiger partial charge < -0.3 is 10.3 Å². The predicted molar refractivity (Wildman–Crippen MR) is 110 cm³/mol. The molecule has 0 fully saturated rings. The zero-order valence-electron chi connectivity index (χ0n) is 17.0. The van der Waals surface area contributed by atoms with E-state index in [1.807, 2.05) is 0 Å². The van der Waals surface area contributed by atoms with Crippen molar-refractivity contribution in [1.82, 2.24) is 4.98 Å². The van der Waals surface area contributed by atoms with Crippen molar-refractivity contribution in [3.8, 4) is 0 Å². The standard InChI is InChI=1S/C16H34.C6H4N2O2/c1-4-6-8-10-11-13-15-16(3)14-12-9-7-5-2;9-5-4-3(1-2-7-4)8-6(5)10/h16H,4-15H2,1-3H3;1-2,7H,(H,8,9,10). The van der Waals surface area contributed by atoms with Gasteiger partial charge in [0.15, 0.2) is 0 Å². The lowest BCUT2D eigenvalue weighted by atomic mass is 9.96. The van der Waals surface area contributed by atoms with Gasteiger partial charge in [-0.25, -0.2) is 0 Å². The molecule has 1 aliphatic heterocycles. The van der Waals surface area contributed by atoms with Gasteiger partial charge in [-0.1, -0.05) is 97.8 Å². The van der Waals surface area contributed by atoms with Gasteiger partial charge >= 0.3 is 0 Å². The maximum atomic E-state index is 10.8. The first kappa shape index (κ1) is 22.5. The first-order valence-electron chi connectivity index (χ1n) is 10.6. The van der Waals surface area contributed by atoms with Crippen molar-refractivity contribution < 1.29 is 9.59 Å². The number of amides is 1. The molecule has 0 saturated carbocycles. The van der Waals surface area contributed by atoms with Crippen molar-refractivity contribution in [2.24, 2.45) is 5.92 Å². The highest BCUT2D eigenvalue weighted by Gasteiger charge is 2.28. The van der Waals surface area contributed by atoms with Gasteiger partial charge in [0.1, 0.15) is 5.69 Å². The monoisotopic (exact) mass is 362 g/mol. The molecule has 148 valence electrons. The summed E-state index contributed by atoms with van der Waals surface area (Å²) < 4.78 is 0. The molecule has 0 aliphatic carbocycles. The van der Waals surface area contributed by atoms with Crippen LogP contribution in [0.3, 0.4) is 0 Å². The van der Waals surface area contributed by atoms with Crippen LogP contribution in [-0.4, -0.2) is 16.7 Å². The van der Waals surface area contributed by atoms with Crippen LogP contribution < -0.4 is 5.32 Å². The summed E-state index contributed by atoms with van der Waals surface area (Å²) >= 11 is 0. The maximum Gasteiger partial charge on any atom is 0.298 e. The zero-order chi connectivity index (χ0) is 19.2. The third kappa shape index (κ3) is 8.68. The number of rotatable bonds is 12. The third-order valence-corrected chi connectivity index (χ3v) is 5.03. The lowest BCUT2D eigenvalue weighted by molar-refractivity contribution is -0.112. The topological polar surface area (TPSA) is 62.0 Å². The summed E-state index contributed by atoms with van der Waals surface area (Å²) in [5.41, 5.74) is 0.944.